The molecular weight excluding hydrogens is 602 g/mol. The van der Waals surface area contributed by atoms with Crippen molar-refractivity contribution in [2.75, 3.05) is 35.8 Å². The maximum atomic E-state index is 11.9. The van der Waals surface area contributed by atoms with Crippen molar-refractivity contribution in [3.8, 4) is 0 Å². The fourth-order valence-corrected chi connectivity index (χ4v) is 5.38. The maximum Gasteiger partial charge on any atom is 0.330 e. The number of fused-ring (bicyclic) bond motifs is 1. The third-order valence-corrected chi connectivity index (χ3v) is 7.33. The van der Waals surface area contributed by atoms with Crippen LogP contribution in [-0.2, 0) is 22.7 Å². The number of amides is 2. The van der Waals surface area contributed by atoms with Gasteiger partial charge in [-0.2, -0.15) is 0 Å². The zero-order chi connectivity index (χ0) is 37.0. The molecule has 0 fully saturated rings. The van der Waals surface area contributed by atoms with Crippen LogP contribution in [-0.4, -0.2) is 42.1 Å². The van der Waals surface area contributed by atoms with Gasteiger partial charge in [0.2, 0.25) is 12.3 Å². The summed E-state index contributed by atoms with van der Waals surface area (Å²) in [4.78, 5) is 49.7. The number of benzene rings is 2. The summed E-state index contributed by atoms with van der Waals surface area (Å²) in [6, 6.07) is 15.9. The van der Waals surface area contributed by atoms with E-state index >= 15 is 0 Å². The Balaban J connectivity index is 0.000000655. The van der Waals surface area contributed by atoms with Gasteiger partial charge in [-0.15, -0.1) is 0 Å². The van der Waals surface area contributed by atoms with Crippen LogP contribution in [0.5, 0.6) is 0 Å². The molecule has 1 N–H and O–H groups in total. The minimum Gasteiger partial charge on any atom is -0.373 e. The number of para-hydroxylation sites is 3. The number of nitrogens with zero attached hydrogens (tertiary/aromatic N) is 4. The fourth-order valence-electron chi connectivity index (χ4n) is 5.38. The summed E-state index contributed by atoms with van der Waals surface area (Å²) >= 11 is 0. The summed E-state index contributed by atoms with van der Waals surface area (Å²) in [5, 5.41) is 2.71. The molecule has 48 heavy (non-hydrogen) atoms. The molecule has 0 saturated heterocycles. The third kappa shape index (κ3) is 12.8. The average Bonchev–Trinajstić information content (AvgIpc) is 3.31. The number of nitrogens with one attached hydrogen (secondary N) is 1. The zero-order valence-electron chi connectivity index (χ0n) is 32.0. The fraction of sp³-hybridized carbons (Fsp3) is 0.538. The molecule has 0 bridgehead atoms. The summed E-state index contributed by atoms with van der Waals surface area (Å²) in [6.07, 6.45) is 4.37. The molecule has 0 spiro atoms. The van der Waals surface area contributed by atoms with Gasteiger partial charge in [0.05, 0.1) is 17.3 Å². The van der Waals surface area contributed by atoms with Crippen molar-refractivity contribution in [3.63, 3.8) is 0 Å². The molecule has 1 atom stereocenters. The molecule has 2 aromatic carbocycles. The number of aryl methyl sites for hydroxylation is 1. The Kier molecular flexibility index (Phi) is 21.2. The first-order valence-electron chi connectivity index (χ1n) is 17.5. The first kappa shape index (κ1) is 43.9. The van der Waals surface area contributed by atoms with Gasteiger partial charge in [0.1, 0.15) is 0 Å². The van der Waals surface area contributed by atoms with Gasteiger partial charge in [0, 0.05) is 51.2 Å². The SMILES string of the molecule is CC.CC.CC(C)CN(C)c1ccccc1NC=O.CCCC1C(=O)N(C)c2ccccc21.CCn1c(=O)c(C)cn(CC(C)C)c1=O. The Morgan fingerprint density at radius 3 is 2.02 bits per heavy atom. The van der Waals surface area contributed by atoms with Crippen molar-refractivity contribution in [1.82, 2.24) is 9.13 Å². The van der Waals surface area contributed by atoms with Gasteiger partial charge in [-0.05, 0) is 55.9 Å². The Bertz CT molecular complexity index is 1490. The van der Waals surface area contributed by atoms with Crippen LogP contribution >= 0.6 is 0 Å². The van der Waals surface area contributed by atoms with Gasteiger partial charge in [-0.1, -0.05) is 99.1 Å². The lowest BCUT2D eigenvalue weighted by atomic mass is 9.96. The summed E-state index contributed by atoms with van der Waals surface area (Å²) in [6.45, 7) is 24.2. The van der Waals surface area contributed by atoms with Gasteiger partial charge < -0.3 is 15.1 Å². The van der Waals surface area contributed by atoms with E-state index < -0.39 is 0 Å². The third-order valence-electron chi connectivity index (χ3n) is 7.33. The van der Waals surface area contributed by atoms with E-state index in [1.807, 2.05) is 105 Å². The van der Waals surface area contributed by atoms with Crippen molar-refractivity contribution < 1.29 is 9.59 Å². The Labute approximate surface area is 290 Å². The van der Waals surface area contributed by atoms with Crippen molar-refractivity contribution in [2.24, 2.45) is 11.8 Å². The minimum atomic E-state index is -0.207. The smallest absolute Gasteiger partial charge is 0.330 e. The van der Waals surface area contributed by atoms with E-state index in [-0.39, 0.29) is 23.1 Å². The first-order chi connectivity index (χ1) is 22.9. The largest absolute Gasteiger partial charge is 0.373 e. The van der Waals surface area contributed by atoms with E-state index in [0.29, 0.717) is 36.9 Å². The average molecular weight is 666 g/mol. The van der Waals surface area contributed by atoms with E-state index in [1.54, 1.807) is 22.6 Å². The lowest BCUT2D eigenvalue weighted by Crippen LogP contribution is -2.40. The van der Waals surface area contributed by atoms with E-state index in [9.17, 15) is 19.2 Å². The number of anilines is 3. The van der Waals surface area contributed by atoms with Gasteiger partial charge in [0.25, 0.3) is 5.56 Å². The van der Waals surface area contributed by atoms with Gasteiger partial charge >= 0.3 is 5.69 Å². The molecule has 9 heteroatoms. The molecule has 3 aromatic rings. The molecule has 4 rings (SSSR count). The zero-order valence-corrected chi connectivity index (χ0v) is 32.0. The maximum absolute atomic E-state index is 11.9. The second-order valence-electron chi connectivity index (χ2n) is 12.0. The Hall–Kier alpha value is -4.14. The standard InChI is InChI=1S/C12H18N2O.C12H15NO.C11H18N2O2.2C2H6/c1-10(2)8-14(3)12-7-5-4-6-11(12)13-9-15;1-3-6-10-9-7-4-5-8-11(9)13(2)12(10)14;1-5-13-10(14)9(4)7-12(11(13)15)6-8(2)3;2*1-2/h4-7,9-10H,8H2,1-3H3,(H,13,15);4-5,7-8,10H,3,6H2,1-2H3;7-8H,5-6H2,1-4H3;2*1-2H3. The van der Waals surface area contributed by atoms with Crippen LogP contribution in [0, 0.1) is 18.8 Å². The second kappa shape index (κ2) is 23.2. The molecule has 1 unspecified atom stereocenters. The summed E-state index contributed by atoms with van der Waals surface area (Å²) in [5.74, 6) is 1.33. The quantitative estimate of drug-likeness (QED) is 0.222. The second-order valence-corrected chi connectivity index (χ2v) is 12.0. The molecule has 0 radical (unpaired) electrons. The number of aromatic nitrogens is 2. The van der Waals surface area contributed by atoms with E-state index in [1.165, 1.54) is 10.1 Å². The summed E-state index contributed by atoms with van der Waals surface area (Å²) < 4.78 is 2.89. The summed E-state index contributed by atoms with van der Waals surface area (Å²) in [7, 11) is 3.89. The van der Waals surface area contributed by atoms with E-state index in [4.69, 9.17) is 0 Å². The molecule has 9 nitrogen and oxygen atoms in total. The highest BCUT2D eigenvalue weighted by Gasteiger charge is 2.33. The van der Waals surface area contributed by atoms with Gasteiger partial charge in [-0.25, -0.2) is 4.79 Å². The van der Waals surface area contributed by atoms with Crippen molar-refractivity contribution in [2.45, 2.75) is 108 Å². The van der Waals surface area contributed by atoms with Crippen LogP contribution in [0.15, 0.2) is 64.3 Å². The van der Waals surface area contributed by atoms with Gasteiger partial charge in [0.15, 0.2) is 0 Å². The van der Waals surface area contributed by atoms with Crippen molar-refractivity contribution in [1.29, 1.82) is 0 Å². The monoisotopic (exact) mass is 665 g/mol. The number of hydrogen-bond acceptors (Lipinski definition) is 5. The minimum absolute atomic E-state index is 0.0983. The van der Waals surface area contributed by atoms with Crippen LogP contribution in [0.3, 0.4) is 0 Å². The van der Waals surface area contributed by atoms with Crippen LogP contribution < -0.4 is 26.4 Å². The topological polar surface area (TPSA) is 96.7 Å². The molecule has 2 heterocycles. The molecule has 0 aliphatic carbocycles. The van der Waals surface area contributed by atoms with E-state index in [0.717, 1.165) is 36.4 Å². The van der Waals surface area contributed by atoms with Crippen molar-refractivity contribution >= 4 is 29.4 Å². The Morgan fingerprint density at radius 2 is 1.48 bits per heavy atom. The first-order valence-corrected chi connectivity index (χ1v) is 17.5. The van der Waals surface area contributed by atoms with Crippen LogP contribution in [0.4, 0.5) is 17.1 Å². The lowest BCUT2D eigenvalue weighted by Gasteiger charge is -2.23. The molecule has 0 saturated carbocycles. The number of rotatable bonds is 10. The van der Waals surface area contributed by atoms with Crippen molar-refractivity contribution in [3.05, 3.63) is 86.7 Å². The predicted molar refractivity (Wildman–Crippen MR) is 205 cm³/mol. The highest BCUT2D eigenvalue weighted by atomic mass is 16.2. The Morgan fingerprint density at radius 1 is 0.896 bits per heavy atom. The lowest BCUT2D eigenvalue weighted by molar-refractivity contribution is -0.119. The molecular formula is C39H63N5O4. The number of carbonyl (C=O) groups excluding carboxylic acids is 2. The van der Waals surface area contributed by atoms with Gasteiger partial charge in [-0.3, -0.25) is 23.5 Å². The molecule has 268 valence electrons. The number of carbonyl (C=O) groups is 2. The molecule has 1 aromatic heterocycles. The van der Waals surface area contributed by atoms with Crippen LogP contribution in [0.1, 0.15) is 99.1 Å². The van der Waals surface area contributed by atoms with Crippen LogP contribution in [0.25, 0.3) is 0 Å². The molecule has 2 amide bonds. The summed E-state index contributed by atoms with van der Waals surface area (Å²) in [5.41, 5.74) is 4.42. The van der Waals surface area contributed by atoms with E-state index in [2.05, 4.69) is 37.1 Å². The molecule has 1 aliphatic rings. The predicted octanol–water partition coefficient (Wildman–Crippen LogP) is 7.94. The molecule has 1 aliphatic heterocycles. The normalized spacial score (nSPS) is 12.7. The van der Waals surface area contributed by atoms with Crippen LogP contribution in [0.2, 0.25) is 0 Å². The number of hydrogen-bond donors (Lipinski definition) is 1. The number of likely N-dealkylation sites (N-methyl/N-ethyl adjacent to an activating group) is 1. The highest BCUT2D eigenvalue weighted by Crippen LogP contribution is 2.38. The highest BCUT2D eigenvalue weighted by molar-refractivity contribution is 6.04.